The van der Waals surface area contributed by atoms with Crippen molar-refractivity contribution < 1.29 is 19.1 Å². The van der Waals surface area contributed by atoms with E-state index in [2.05, 4.69) is 10.6 Å². The van der Waals surface area contributed by atoms with Crippen molar-refractivity contribution in [2.75, 3.05) is 23.8 Å². The standard InChI is InChI=1S/C17H15ClN2O4/c1-10(21)19-12-3-2-4-13(9-12)20-17(22)11-7-14(18)16-15(8-11)23-5-6-24-16/h2-4,7-9H,5-6H2,1H3,(H,19,21)(H,20,22). The molecule has 0 fully saturated rings. The second kappa shape index (κ2) is 6.80. The van der Waals surface area contributed by atoms with Crippen molar-refractivity contribution in [3.8, 4) is 11.5 Å². The van der Waals surface area contributed by atoms with E-state index in [-0.39, 0.29) is 11.8 Å². The Bertz CT molecular complexity index is 807. The van der Waals surface area contributed by atoms with E-state index in [9.17, 15) is 9.59 Å². The molecule has 1 aliphatic heterocycles. The maximum atomic E-state index is 12.4. The summed E-state index contributed by atoms with van der Waals surface area (Å²) in [6.45, 7) is 2.25. The molecule has 2 aromatic carbocycles. The first-order valence-corrected chi connectivity index (χ1v) is 7.69. The number of hydrogen-bond acceptors (Lipinski definition) is 4. The number of ether oxygens (including phenoxy) is 2. The highest BCUT2D eigenvalue weighted by molar-refractivity contribution is 6.32. The molecule has 124 valence electrons. The third-order valence-corrected chi connectivity index (χ3v) is 3.58. The van der Waals surface area contributed by atoms with Crippen LogP contribution in [-0.4, -0.2) is 25.0 Å². The highest BCUT2D eigenvalue weighted by atomic mass is 35.5. The van der Waals surface area contributed by atoms with E-state index in [1.807, 2.05) is 0 Å². The van der Waals surface area contributed by atoms with Gasteiger partial charge in [0.2, 0.25) is 5.91 Å². The molecule has 2 N–H and O–H groups in total. The van der Waals surface area contributed by atoms with Crippen LogP contribution in [0.3, 0.4) is 0 Å². The molecule has 0 atom stereocenters. The van der Waals surface area contributed by atoms with Crippen LogP contribution in [0.1, 0.15) is 17.3 Å². The first-order valence-electron chi connectivity index (χ1n) is 7.31. The molecule has 0 aliphatic carbocycles. The summed E-state index contributed by atoms with van der Waals surface area (Å²) in [5.41, 5.74) is 1.51. The number of amides is 2. The molecule has 1 aliphatic rings. The topological polar surface area (TPSA) is 76.7 Å². The summed E-state index contributed by atoms with van der Waals surface area (Å²) in [6, 6.07) is 9.98. The van der Waals surface area contributed by atoms with Crippen molar-refractivity contribution in [2.24, 2.45) is 0 Å². The molecule has 24 heavy (non-hydrogen) atoms. The summed E-state index contributed by atoms with van der Waals surface area (Å²) in [4.78, 5) is 23.5. The zero-order chi connectivity index (χ0) is 17.1. The molecule has 0 spiro atoms. The molecule has 0 radical (unpaired) electrons. The van der Waals surface area contributed by atoms with Crippen LogP contribution in [0.5, 0.6) is 11.5 Å². The van der Waals surface area contributed by atoms with Crippen LogP contribution >= 0.6 is 11.6 Å². The predicted octanol–water partition coefficient (Wildman–Crippen LogP) is 3.32. The predicted molar refractivity (Wildman–Crippen MR) is 91.1 cm³/mol. The lowest BCUT2D eigenvalue weighted by atomic mass is 10.1. The number of carbonyl (C=O) groups excluding carboxylic acids is 2. The van der Waals surface area contributed by atoms with Gasteiger partial charge < -0.3 is 20.1 Å². The lowest BCUT2D eigenvalue weighted by Crippen LogP contribution is -2.17. The summed E-state index contributed by atoms with van der Waals surface area (Å²) in [7, 11) is 0. The first kappa shape index (κ1) is 16.1. The van der Waals surface area contributed by atoms with Crippen molar-refractivity contribution in [3.63, 3.8) is 0 Å². The van der Waals surface area contributed by atoms with Crippen LogP contribution in [0.15, 0.2) is 36.4 Å². The minimum atomic E-state index is -0.339. The summed E-state index contributed by atoms with van der Waals surface area (Å²) >= 11 is 6.14. The van der Waals surface area contributed by atoms with Gasteiger partial charge in [0.15, 0.2) is 11.5 Å². The van der Waals surface area contributed by atoms with Gasteiger partial charge in [-0.2, -0.15) is 0 Å². The maximum absolute atomic E-state index is 12.4. The van der Waals surface area contributed by atoms with Gasteiger partial charge in [-0.3, -0.25) is 9.59 Å². The normalized spacial score (nSPS) is 12.4. The fourth-order valence-corrected chi connectivity index (χ4v) is 2.59. The number of nitrogens with one attached hydrogen (secondary N) is 2. The van der Waals surface area contributed by atoms with Gasteiger partial charge in [-0.1, -0.05) is 17.7 Å². The van der Waals surface area contributed by atoms with Gasteiger partial charge in [0.25, 0.3) is 5.91 Å². The van der Waals surface area contributed by atoms with Crippen LogP contribution in [0.4, 0.5) is 11.4 Å². The number of carbonyl (C=O) groups is 2. The molecule has 2 amide bonds. The Kier molecular flexibility index (Phi) is 4.57. The molecular formula is C17H15ClN2O4. The molecule has 0 saturated carbocycles. The van der Waals surface area contributed by atoms with Gasteiger partial charge in [-0.15, -0.1) is 0 Å². The van der Waals surface area contributed by atoms with Gasteiger partial charge in [0.05, 0.1) is 5.02 Å². The molecule has 0 saturated heterocycles. The Morgan fingerprint density at radius 2 is 1.75 bits per heavy atom. The Balaban J connectivity index is 1.80. The van der Waals surface area contributed by atoms with Crippen LogP contribution in [0.25, 0.3) is 0 Å². The number of benzene rings is 2. The quantitative estimate of drug-likeness (QED) is 0.893. The van der Waals surface area contributed by atoms with E-state index in [4.69, 9.17) is 21.1 Å². The molecule has 2 aromatic rings. The molecule has 3 rings (SSSR count). The second-order valence-corrected chi connectivity index (χ2v) is 5.61. The summed E-state index contributed by atoms with van der Waals surface area (Å²) < 4.78 is 10.9. The molecule has 6 nitrogen and oxygen atoms in total. The van der Waals surface area contributed by atoms with Crippen LogP contribution in [-0.2, 0) is 4.79 Å². The van der Waals surface area contributed by atoms with Crippen molar-refractivity contribution >= 4 is 34.8 Å². The molecule has 0 bridgehead atoms. The van der Waals surface area contributed by atoms with Gasteiger partial charge >= 0.3 is 0 Å². The number of halogens is 1. The van der Waals surface area contributed by atoms with E-state index < -0.39 is 0 Å². The van der Waals surface area contributed by atoms with Crippen molar-refractivity contribution in [3.05, 3.63) is 47.0 Å². The smallest absolute Gasteiger partial charge is 0.255 e. The minimum Gasteiger partial charge on any atom is -0.486 e. The number of fused-ring (bicyclic) bond motifs is 1. The zero-order valence-corrected chi connectivity index (χ0v) is 13.6. The van der Waals surface area contributed by atoms with Crippen molar-refractivity contribution in [1.82, 2.24) is 0 Å². The van der Waals surface area contributed by atoms with Gasteiger partial charge in [-0.05, 0) is 30.3 Å². The largest absolute Gasteiger partial charge is 0.486 e. The third-order valence-electron chi connectivity index (χ3n) is 3.30. The molecule has 0 unspecified atom stereocenters. The average Bonchev–Trinajstić information content (AvgIpc) is 2.54. The van der Waals surface area contributed by atoms with E-state index in [1.165, 1.54) is 13.0 Å². The summed E-state index contributed by atoms with van der Waals surface area (Å²) in [6.07, 6.45) is 0. The molecular weight excluding hydrogens is 332 g/mol. The number of anilines is 2. The third kappa shape index (κ3) is 3.60. The van der Waals surface area contributed by atoms with Crippen LogP contribution < -0.4 is 20.1 Å². The Hall–Kier alpha value is -2.73. The lowest BCUT2D eigenvalue weighted by Gasteiger charge is -2.20. The second-order valence-electron chi connectivity index (χ2n) is 5.20. The first-order chi connectivity index (χ1) is 11.5. The van der Waals surface area contributed by atoms with Gasteiger partial charge in [0.1, 0.15) is 13.2 Å². The fraction of sp³-hybridized carbons (Fsp3) is 0.176. The van der Waals surface area contributed by atoms with Crippen LogP contribution in [0, 0.1) is 0 Å². The Morgan fingerprint density at radius 3 is 2.50 bits per heavy atom. The fourth-order valence-electron chi connectivity index (χ4n) is 2.32. The van der Waals surface area contributed by atoms with E-state index in [1.54, 1.807) is 30.3 Å². The molecule has 1 heterocycles. The summed E-state index contributed by atoms with van der Waals surface area (Å²) in [5, 5.41) is 5.74. The number of hydrogen-bond donors (Lipinski definition) is 2. The highest BCUT2D eigenvalue weighted by Gasteiger charge is 2.19. The summed E-state index contributed by atoms with van der Waals surface area (Å²) in [5.74, 6) is 0.379. The maximum Gasteiger partial charge on any atom is 0.255 e. The minimum absolute atomic E-state index is 0.183. The van der Waals surface area contributed by atoms with Crippen molar-refractivity contribution in [2.45, 2.75) is 6.92 Å². The molecule has 0 aromatic heterocycles. The zero-order valence-electron chi connectivity index (χ0n) is 12.9. The monoisotopic (exact) mass is 346 g/mol. The Labute approximate surface area is 143 Å². The Morgan fingerprint density at radius 1 is 1.04 bits per heavy atom. The highest BCUT2D eigenvalue weighted by Crippen LogP contribution is 2.38. The van der Waals surface area contributed by atoms with E-state index in [0.29, 0.717) is 46.7 Å². The molecule has 7 heteroatoms. The van der Waals surface area contributed by atoms with E-state index in [0.717, 1.165) is 0 Å². The number of rotatable bonds is 3. The SMILES string of the molecule is CC(=O)Nc1cccc(NC(=O)c2cc(Cl)c3c(c2)OCCO3)c1. The van der Waals surface area contributed by atoms with Gasteiger partial charge in [0, 0.05) is 23.9 Å². The average molecular weight is 347 g/mol. The van der Waals surface area contributed by atoms with Crippen LogP contribution in [0.2, 0.25) is 5.02 Å². The lowest BCUT2D eigenvalue weighted by molar-refractivity contribution is -0.114. The van der Waals surface area contributed by atoms with Crippen molar-refractivity contribution in [1.29, 1.82) is 0 Å². The van der Waals surface area contributed by atoms with Gasteiger partial charge in [-0.25, -0.2) is 0 Å². The van der Waals surface area contributed by atoms with E-state index >= 15 is 0 Å².